The molecule has 5 aliphatic rings. The van der Waals surface area contributed by atoms with Gasteiger partial charge in [0.05, 0.1) is 28.6 Å². The highest BCUT2D eigenvalue weighted by Gasteiger charge is 2.57. The third-order valence-electron chi connectivity index (χ3n) is 14.3. The van der Waals surface area contributed by atoms with E-state index in [0.717, 1.165) is 52.2 Å². The summed E-state index contributed by atoms with van der Waals surface area (Å²) in [5.74, 6) is 2.86. The maximum absolute atomic E-state index is 5.20. The Labute approximate surface area is 313 Å². The van der Waals surface area contributed by atoms with Crippen LogP contribution in [0.25, 0.3) is 38.5 Å². The lowest BCUT2D eigenvalue weighted by molar-refractivity contribution is 0.0426. The number of fused-ring (bicyclic) bond motifs is 13. The molecule has 262 valence electrons. The lowest BCUT2D eigenvalue weighted by atomic mass is 9.49. The van der Waals surface area contributed by atoms with Crippen LogP contribution in [-0.2, 0) is 10.8 Å². The molecule has 11 rings (SSSR count). The van der Waals surface area contributed by atoms with E-state index in [1.54, 1.807) is 11.1 Å². The first-order chi connectivity index (χ1) is 25.8. The lowest BCUT2D eigenvalue weighted by Crippen LogP contribution is -2.49. The number of allylic oxidation sites excluding steroid dienone is 4. The fourth-order valence-electron chi connectivity index (χ4n) is 12.3. The molecule has 0 radical (unpaired) electrons. The highest BCUT2D eigenvalue weighted by Crippen LogP contribution is 2.66. The van der Waals surface area contributed by atoms with Gasteiger partial charge in [0.15, 0.2) is 0 Å². The van der Waals surface area contributed by atoms with Crippen LogP contribution >= 0.6 is 0 Å². The van der Waals surface area contributed by atoms with E-state index in [1.807, 2.05) is 12.3 Å². The largest absolute Gasteiger partial charge is 0.308 e. The minimum Gasteiger partial charge on any atom is -0.308 e. The van der Waals surface area contributed by atoms with Crippen molar-refractivity contribution in [3.63, 3.8) is 0 Å². The molecule has 0 saturated heterocycles. The Kier molecular flexibility index (Phi) is 6.68. The molecule has 53 heavy (non-hydrogen) atoms. The number of pyridine rings is 2. The number of benzene rings is 4. The predicted molar refractivity (Wildman–Crippen MR) is 220 cm³/mol. The maximum atomic E-state index is 5.20. The van der Waals surface area contributed by atoms with E-state index in [1.165, 1.54) is 70.5 Å². The van der Waals surface area contributed by atoms with Gasteiger partial charge in [-0.15, -0.1) is 0 Å². The first-order valence-electron chi connectivity index (χ1n) is 20.1. The summed E-state index contributed by atoms with van der Waals surface area (Å²) in [6, 6.07) is 34.9. The van der Waals surface area contributed by atoms with Crippen LogP contribution in [0.2, 0.25) is 0 Å². The van der Waals surface area contributed by atoms with Crippen molar-refractivity contribution in [2.24, 2.45) is 23.7 Å². The number of hydrogen-bond acceptors (Lipinski definition) is 3. The minimum atomic E-state index is -0.0590. The molecule has 3 heteroatoms. The van der Waals surface area contributed by atoms with Crippen LogP contribution < -0.4 is 4.90 Å². The Bertz CT molecular complexity index is 2570. The molecule has 2 fully saturated rings. The SMILES string of the molecule is CC1CC2CC(C)C3(c4ccccc4-c4c(N(c5ccc6c(c5)C(C)(C)C5=C6CCC=C5)c5cnc6c(ccc7cccnc76)c5)cccc43)C(C1)C2. The van der Waals surface area contributed by atoms with Gasteiger partial charge in [0.2, 0.25) is 0 Å². The van der Waals surface area contributed by atoms with Gasteiger partial charge in [-0.1, -0.05) is 101 Å². The second-order valence-electron chi connectivity index (χ2n) is 17.6. The van der Waals surface area contributed by atoms with Gasteiger partial charge in [-0.3, -0.25) is 9.97 Å². The second-order valence-corrected chi connectivity index (χ2v) is 17.6. The summed E-state index contributed by atoms with van der Waals surface area (Å²) in [6.07, 6.45) is 16.3. The highest BCUT2D eigenvalue weighted by atomic mass is 15.2. The Hall–Kier alpha value is -5.02. The fraction of sp³-hybridized carbons (Fsp3) is 0.320. The van der Waals surface area contributed by atoms with Crippen molar-refractivity contribution < 1.29 is 0 Å². The van der Waals surface area contributed by atoms with Crippen molar-refractivity contribution in [3.8, 4) is 11.1 Å². The monoisotopic (exact) mass is 689 g/mol. The lowest BCUT2D eigenvalue weighted by Gasteiger charge is -2.54. The molecule has 3 nitrogen and oxygen atoms in total. The van der Waals surface area contributed by atoms with Gasteiger partial charge in [-0.25, -0.2) is 0 Å². The smallest absolute Gasteiger partial charge is 0.0966 e. The van der Waals surface area contributed by atoms with Crippen molar-refractivity contribution >= 4 is 44.4 Å². The molecule has 6 aromatic rings. The Balaban J connectivity index is 1.17. The van der Waals surface area contributed by atoms with Crippen molar-refractivity contribution in [2.45, 2.75) is 77.0 Å². The summed E-state index contributed by atoms with van der Waals surface area (Å²) < 4.78 is 0. The van der Waals surface area contributed by atoms with Gasteiger partial charge >= 0.3 is 0 Å². The number of anilines is 3. The molecule has 5 aliphatic carbocycles. The third-order valence-corrected chi connectivity index (χ3v) is 14.3. The average Bonchev–Trinajstić information content (AvgIpc) is 3.60. The Morgan fingerprint density at radius 2 is 1.55 bits per heavy atom. The van der Waals surface area contributed by atoms with E-state index in [2.05, 4.69) is 136 Å². The number of hydrogen-bond donors (Lipinski definition) is 0. The Morgan fingerprint density at radius 1 is 0.698 bits per heavy atom. The quantitative estimate of drug-likeness (QED) is 0.173. The van der Waals surface area contributed by atoms with Gasteiger partial charge in [-0.05, 0) is 131 Å². The summed E-state index contributed by atoms with van der Waals surface area (Å²) in [5.41, 5.74) is 17.2. The van der Waals surface area contributed by atoms with Gasteiger partial charge in [-0.2, -0.15) is 0 Å². The van der Waals surface area contributed by atoms with Crippen LogP contribution in [0.5, 0.6) is 0 Å². The highest BCUT2D eigenvalue weighted by molar-refractivity contribution is 6.04. The van der Waals surface area contributed by atoms with Crippen LogP contribution in [0, 0.1) is 23.7 Å². The van der Waals surface area contributed by atoms with Crippen LogP contribution in [0.4, 0.5) is 17.1 Å². The summed E-state index contributed by atoms with van der Waals surface area (Å²) in [6.45, 7) is 9.91. The summed E-state index contributed by atoms with van der Waals surface area (Å²) in [7, 11) is 0. The van der Waals surface area contributed by atoms with Crippen LogP contribution in [0.3, 0.4) is 0 Å². The molecule has 2 heterocycles. The van der Waals surface area contributed by atoms with Gasteiger partial charge < -0.3 is 4.90 Å². The van der Waals surface area contributed by atoms with Crippen molar-refractivity contribution in [1.29, 1.82) is 0 Å². The van der Waals surface area contributed by atoms with Crippen molar-refractivity contribution in [3.05, 3.63) is 143 Å². The fourth-order valence-corrected chi connectivity index (χ4v) is 12.3. The van der Waals surface area contributed by atoms with E-state index in [-0.39, 0.29) is 10.8 Å². The average molecular weight is 690 g/mol. The van der Waals surface area contributed by atoms with Crippen LogP contribution in [0.15, 0.2) is 121 Å². The maximum Gasteiger partial charge on any atom is 0.0966 e. The molecule has 0 N–H and O–H groups in total. The number of rotatable bonds is 3. The summed E-state index contributed by atoms with van der Waals surface area (Å²) in [4.78, 5) is 12.5. The molecule has 2 bridgehead atoms. The third kappa shape index (κ3) is 4.28. The van der Waals surface area contributed by atoms with E-state index < -0.39 is 0 Å². The van der Waals surface area contributed by atoms with Crippen LogP contribution in [0.1, 0.15) is 88.5 Å². The zero-order chi connectivity index (χ0) is 35.6. The second kappa shape index (κ2) is 11.2. The topological polar surface area (TPSA) is 29.0 Å². The molecule has 2 saturated carbocycles. The van der Waals surface area contributed by atoms with Gasteiger partial charge in [0.1, 0.15) is 0 Å². The van der Waals surface area contributed by atoms with Gasteiger partial charge in [0, 0.05) is 39.1 Å². The predicted octanol–water partition coefficient (Wildman–Crippen LogP) is 13.0. The molecule has 1 spiro atoms. The van der Waals surface area contributed by atoms with E-state index in [0.29, 0.717) is 11.8 Å². The molecule has 4 aromatic carbocycles. The molecule has 5 unspecified atom stereocenters. The van der Waals surface area contributed by atoms with E-state index in [9.17, 15) is 0 Å². The summed E-state index contributed by atoms with van der Waals surface area (Å²) >= 11 is 0. The molecule has 0 aliphatic heterocycles. The first kappa shape index (κ1) is 31.5. The standard InChI is InChI=1S/C50H47N3/c1-30-23-32-25-31(2)50(35(24-30)26-32)42-15-8-6-13-40(42)46-43(50)16-9-17-45(46)53(37-27-34-19-18-33-11-10-22-51-47(33)48(34)52-29-37)36-20-21-39-38-12-5-7-14-41(38)49(3,4)44(39)28-36/h6-11,13-22,27-32,35H,5,12,23-26H2,1-4H3. The molecular weight excluding hydrogens is 643 g/mol. The Morgan fingerprint density at radius 3 is 2.47 bits per heavy atom. The van der Waals surface area contributed by atoms with Crippen molar-refractivity contribution in [1.82, 2.24) is 9.97 Å². The van der Waals surface area contributed by atoms with Crippen LogP contribution in [-0.4, -0.2) is 9.97 Å². The van der Waals surface area contributed by atoms with Gasteiger partial charge in [0.25, 0.3) is 0 Å². The van der Waals surface area contributed by atoms with Crippen molar-refractivity contribution in [2.75, 3.05) is 4.90 Å². The zero-order valence-corrected chi connectivity index (χ0v) is 31.4. The summed E-state index contributed by atoms with van der Waals surface area (Å²) in [5, 5.41) is 2.22. The zero-order valence-electron chi connectivity index (χ0n) is 31.4. The minimum absolute atomic E-state index is 0.0280. The van der Waals surface area contributed by atoms with E-state index in [4.69, 9.17) is 9.97 Å². The first-order valence-corrected chi connectivity index (χ1v) is 20.1. The molecule has 0 amide bonds. The number of nitrogens with zero attached hydrogens (tertiary/aromatic N) is 3. The molecular formula is C50H47N3. The van der Waals surface area contributed by atoms with E-state index >= 15 is 0 Å². The number of aromatic nitrogens is 2. The molecule has 5 atom stereocenters. The normalized spacial score (nSPS) is 26.1. The molecule has 2 aromatic heterocycles.